The first kappa shape index (κ1) is 7.81. The average molecular weight is 122 g/mol. The van der Waals surface area contributed by atoms with Gasteiger partial charge in [-0.15, -0.1) is 0 Å². The molecule has 0 aliphatic rings. The number of halogens is 1. The maximum absolute atomic E-state index is 12.1. The molecule has 0 saturated carbocycles. The third-order valence-electron chi connectivity index (χ3n) is 0.884. The van der Waals surface area contributed by atoms with E-state index in [1.54, 1.807) is 0 Å². The second-order valence-corrected chi connectivity index (χ2v) is 1.55. The topological polar surface area (TPSA) is 72.3 Å². The van der Waals surface area contributed by atoms with Gasteiger partial charge in [0.15, 0.2) is 0 Å². The van der Waals surface area contributed by atoms with E-state index >= 15 is 0 Å². The second kappa shape index (κ2) is 3.77. The summed E-state index contributed by atoms with van der Waals surface area (Å²) < 4.78 is 12.1. The number of aliphatic hydroxyl groups is 1. The van der Waals surface area contributed by atoms with Crippen LogP contribution in [0.4, 0.5) is 4.39 Å². The third-order valence-corrected chi connectivity index (χ3v) is 0.884. The Hall–Kier alpha value is -0.190. The van der Waals surface area contributed by atoms with Crippen LogP contribution in [0, 0.1) is 0 Å². The number of rotatable bonds is 3. The lowest BCUT2D eigenvalue weighted by Crippen LogP contribution is -2.35. The van der Waals surface area contributed by atoms with E-state index in [0.29, 0.717) is 0 Å². The fraction of sp³-hybridized carbons (Fsp3) is 1.00. The molecule has 0 aromatic rings. The van der Waals surface area contributed by atoms with E-state index in [4.69, 9.17) is 16.6 Å². The maximum Gasteiger partial charge on any atom is 0.139 e. The smallest absolute Gasteiger partial charge is 0.139 e. The summed E-state index contributed by atoms with van der Waals surface area (Å²) in [7, 11) is 0. The van der Waals surface area contributed by atoms with Crippen LogP contribution in [0.3, 0.4) is 0 Å². The van der Waals surface area contributed by atoms with Gasteiger partial charge in [0.25, 0.3) is 0 Å². The highest BCUT2D eigenvalue weighted by molar-refractivity contribution is 4.67. The predicted octanol–water partition coefficient (Wildman–Crippen LogP) is -1.40. The molecular formula is C4H11FN2O. The summed E-state index contributed by atoms with van der Waals surface area (Å²) in [4.78, 5) is 0. The molecule has 0 aliphatic heterocycles. The quantitative estimate of drug-likeness (QED) is 0.431. The Morgan fingerprint density at radius 3 is 2.00 bits per heavy atom. The molecule has 50 valence electrons. The first-order chi connectivity index (χ1) is 3.72. The van der Waals surface area contributed by atoms with Gasteiger partial charge in [0, 0.05) is 13.1 Å². The Kier molecular flexibility index (Phi) is 3.68. The molecule has 0 heterocycles. The number of hydrogen-bond acceptors (Lipinski definition) is 3. The number of aliphatic hydroxyl groups excluding tert-OH is 1. The third kappa shape index (κ3) is 2.20. The van der Waals surface area contributed by atoms with Crippen LogP contribution in [0.15, 0.2) is 0 Å². The van der Waals surface area contributed by atoms with Gasteiger partial charge in [-0.05, 0) is 0 Å². The minimum atomic E-state index is -1.38. The molecule has 4 heteroatoms. The van der Waals surface area contributed by atoms with E-state index in [1.807, 2.05) is 0 Å². The zero-order valence-corrected chi connectivity index (χ0v) is 4.55. The number of alkyl halides is 1. The van der Waals surface area contributed by atoms with Crippen LogP contribution in [0.5, 0.6) is 0 Å². The van der Waals surface area contributed by atoms with Gasteiger partial charge < -0.3 is 16.6 Å². The molecule has 0 aliphatic carbocycles. The normalized spacial score (nSPS) is 18.0. The molecule has 2 atom stereocenters. The van der Waals surface area contributed by atoms with Gasteiger partial charge in [0.2, 0.25) is 0 Å². The SMILES string of the molecule is NC[C@H](O)[C@@H](F)CN. The van der Waals surface area contributed by atoms with Crippen LogP contribution in [0.1, 0.15) is 0 Å². The van der Waals surface area contributed by atoms with Crippen LogP contribution >= 0.6 is 0 Å². The molecule has 0 saturated heterocycles. The largest absolute Gasteiger partial charge is 0.389 e. The Labute approximate surface area is 47.5 Å². The van der Waals surface area contributed by atoms with Crippen LogP contribution < -0.4 is 11.5 Å². The summed E-state index contributed by atoms with van der Waals surface area (Å²) in [5.74, 6) is 0. The minimum Gasteiger partial charge on any atom is -0.389 e. The van der Waals surface area contributed by atoms with Crippen molar-refractivity contribution in [3.05, 3.63) is 0 Å². The number of nitrogens with two attached hydrogens (primary N) is 2. The summed E-state index contributed by atoms with van der Waals surface area (Å²) in [5.41, 5.74) is 9.76. The summed E-state index contributed by atoms with van der Waals surface area (Å²) in [6.45, 7) is -0.239. The molecule has 0 aromatic heterocycles. The molecule has 3 nitrogen and oxygen atoms in total. The van der Waals surface area contributed by atoms with E-state index in [0.717, 1.165) is 0 Å². The molecule has 0 bridgehead atoms. The highest BCUT2D eigenvalue weighted by Crippen LogP contribution is 1.92. The summed E-state index contributed by atoms with van der Waals surface area (Å²) in [6.07, 6.45) is -2.47. The predicted molar refractivity (Wildman–Crippen MR) is 29.0 cm³/mol. The van der Waals surface area contributed by atoms with Crippen molar-refractivity contribution in [2.24, 2.45) is 11.5 Å². The van der Waals surface area contributed by atoms with Gasteiger partial charge in [-0.25, -0.2) is 4.39 Å². The molecule has 5 N–H and O–H groups in total. The Bertz CT molecular complexity index is 54.0. The monoisotopic (exact) mass is 122 g/mol. The minimum absolute atomic E-state index is 0.0711. The molecule has 0 rings (SSSR count). The van der Waals surface area contributed by atoms with Crippen molar-refractivity contribution in [1.82, 2.24) is 0 Å². The molecule has 8 heavy (non-hydrogen) atoms. The molecule has 0 fully saturated rings. The van der Waals surface area contributed by atoms with E-state index < -0.39 is 12.3 Å². The highest BCUT2D eigenvalue weighted by atomic mass is 19.1. The van der Waals surface area contributed by atoms with Crippen molar-refractivity contribution in [1.29, 1.82) is 0 Å². The van der Waals surface area contributed by atoms with Crippen molar-refractivity contribution in [3.63, 3.8) is 0 Å². The summed E-state index contributed by atoms with van der Waals surface area (Å²) in [5, 5.41) is 8.55. The fourth-order valence-electron chi connectivity index (χ4n) is 0.305. The van der Waals surface area contributed by atoms with Crippen molar-refractivity contribution < 1.29 is 9.50 Å². The average Bonchev–Trinajstić information content (AvgIpc) is 1.84. The van der Waals surface area contributed by atoms with Crippen LogP contribution in [0.2, 0.25) is 0 Å². The van der Waals surface area contributed by atoms with Gasteiger partial charge in [-0.3, -0.25) is 0 Å². The van der Waals surface area contributed by atoms with Crippen LogP contribution in [-0.2, 0) is 0 Å². The number of hydrogen-bond donors (Lipinski definition) is 3. The lowest BCUT2D eigenvalue weighted by molar-refractivity contribution is 0.0894. The molecule has 0 aromatic carbocycles. The van der Waals surface area contributed by atoms with Gasteiger partial charge in [0.05, 0.1) is 6.10 Å². The zero-order chi connectivity index (χ0) is 6.57. The Balaban J connectivity index is 3.29. The van der Waals surface area contributed by atoms with Gasteiger partial charge in [-0.1, -0.05) is 0 Å². The van der Waals surface area contributed by atoms with Gasteiger partial charge in [0.1, 0.15) is 6.17 Å². The van der Waals surface area contributed by atoms with Crippen molar-refractivity contribution in [3.8, 4) is 0 Å². The maximum atomic E-state index is 12.1. The lowest BCUT2D eigenvalue weighted by atomic mass is 10.2. The van der Waals surface area contributed by atoms with E-state index in [2.05, 4.69) is 0 Å². The first-order valence-electron chi connectivity index (χ1n) is 2.44. The van der Waals surface area contributed by atoms with Crippen molar-refractivity contribution >= 4 is 0 Å². The van der Waals surface area contributed by atoms with Crippen LogP contribution in [-0.4, -0.2) is 30.5 Å². The fourth-order valence-corrected chi connectivity index (χ4v) is 0.305. The van der Waals surface area contributed by atoms with Gasteiger partial charge >= 0.3 is 0 Å². The molecule has 0 spiro atoms. The zero-order valence-electron chi connectivity index (χ0n) is 4.55. The molecule has 0 amide bonds. The lowest BCUT2D eigenvalue weighted by Gasteiger charge is -2.09. The summed E-state index contributed by atoms with van der Waals surface area (Å²) in [6, 6.07) is 0. The summed E-state index contributed by atoms with van der Waals surface area (Å²) >= 11 is 0. The highest BCUT2D eigenvalue weighted by Gasteiger charge is 2.13. The molecule has 0 unspecified atom stereocenters. The van der Waals surface area contributed by atoms with Crippen molar-refractivity contribution in [2.75, 3.05) is 13.1 Å². The van der Waals surface area contributed by atoms with E-state index in [1.165, 1.54) is 0 Å². The molecular weight excluding hydrogens is 111 g/mol. The first-order valence-corrected chi connectivity index (χ1v) is 2.44. The van der Waals surface area contributed by atoms with Crippen molar-refractivity contribution in [2.45, 2.75) is 12.3 Å². The second-order valence-electron chi connectivity index (χ2n) is 1.55. The van der Waals surface area contributed by atoms with Gasteiger partial charge in [-0.2, -0.15) is 0 Å². The Morgan fingerprint density at radius 1 is 1.38 bits per heavy atom. The van der Waals surface area contributed by atoms with E-state index in [9.17, 15) is 4.39 Å². The standard InChI is InChI=1S/C4H11FN2O/c5-3(1-6)4(8)2-7/h3-4,8H,1-2,6-7H2/t3-,4-/m0/s1. The van der Waals surface area contributed by atoms with E-state index in [-0.39, 0.29) is 13.1 Å². The Morgan fingerprint density at radius 2 is 1.88 bits per heavy atom. The molecule has 0 radical (unpaired) electrons. The van der Waals surface area contributed by atoms with Crippen LogP contribution in [0.25, 0.3) is 0 Å².